The molecule has 3 aromatic rings. The first-order chi connectivity index (χ1) is 23.5. The van der Waals surface area contributed by atoms with Crippen LogP contribution < -0.4 is 4.74 Å². The molecule has 4 nitrogen and oxygen atoms in total. The maximum atomic E-state index is 14.3. The van der Waals surface area contributed by atoms with Gasteiger partial charge in [0.25, 0.3) is 0 Å². The molecule has 49 heavy (non-hydrogen) atoms. The van der Waals surface area contributed by atoms with Gasteiger partial charge in [-0.2, -0.15) is 0 Å². The first-order valence-corrected chi connectivity index (χ1v) is 18.8. The van der Waals surface area contributed by atoms with E-state index >= 15 is 0 Å². The predicted molar refractivity (Wildman–Crippen MR) is 190 cm³/mol. The lowest BCUT2D eigenvalue weighted by atomic mass is 9.86. The Balaban J connectivity index is 1.14. The van der Waals surface area contributed by atoms with Crippen LogP contribution >= 0.6 is 11.8 Å². The topological polar surface area (TPSA) is 55.8 Å². The van der Waals surface area contributed by atoms with E-state index in [2.05, 4.69) is 44.2 Å². The van der Waals surface area contributed by atoms with Crippen LogP contribution in [0.5, 0.6) is 5.75 Å². The number of Topliss-reactive ketones (excluding diaryl/α,β-unsaturated/α-hetero) is 1. The molecule has 0 amide bonds. The van der Waals surface area contributed by atoms with Crippen LogP contribution in [0.4, 0.5) is 13.2 Å². The van der Waals surface area contributed by atoms with Gasteiger partial charge in [0.05, 0.1) is 18.3 Å². The predicted octanol–water partition coefficient (Wildman–Crippen LogP) is 9.87. The number of thioether (sulfide) groups is 1. The number of aliphatic hydroxyl groups is 1. The molecule has 0 bridgehead atoms. The van der Waals surface area contributed by atoms with Crippen LogP contribution in [0.1, 0.15) is 92.7 Å². The summed E-state index contributed by atoms with van der Waals surface area (Å²) in [6.45, 7) is 6.11. The Morgan fingerprint density at radius 1 is 1.00 bits per heavy atom. The van der Waals surface area contributed by atoms with E-state index in [4.69, 9.17) is 9.47 Å². The molecule has 7 atom stereocenters. The fourth-order valence-corrected chi connectivity index (χ4v) is 8.03. The van der Waals surface area contributed by atoms with E-state index < -0.39 is 23.6 Å². The lowest BCUT2D eigenvalue weighted by molar-refractivity contribution is -0.123. The molecule has 2 fully saturated rings. The number of carbonyl (C=O) groups is 1. The largest absolute Gasteiger partial charge is 0.490 e. The molecule has 3 aromatic carbocycles. The molecule has 2 aliphatic rings. The Bertz CT molecular complexity index is 1590. The summed E-state index contributed by atoms with van der Waals surface area (Å²) >= 11 is 1.55. The third-order valence-corrected chi connectivity index (χ3v) is 11.0. The molecule has 5 rings (SSSR count). The number of ketones is 1. The standard InChI is InChI=1S/C41H49F3O4S/c1-5-7-28(20-32-23-36(43)37(44)24-35(32)42)21-38(45)29-8-6-9-33(17-14-29)47-34-15-11-27(12-16-34)19-31-22-30(13-10-25(31)2)40-26(3)18-39(46)41(48-40)49-4/h5,7,10-13,15-16,22-24,26,28-29,33,39-41,46H,6,8-9,14,17-21H2,1-4H3/b7-5+/t26?,28-,29?,33?,39+,40-,41-/m1/s1. The van der Waals surface area contributed by atoms with E-state index in [0.717, 1.165) is 62.3 Å². The zero-order valence-corrected chi connectivity index (χ0v) is 29.8. The number of carbonyl (C=O) groups excluding carboxylic acids is 1. The molecular weight excluding hydrogens is 646 g/mol. The second-order valence-corrected chi connectivity index (χ2v) is 14.8. The van der Waals surface area contributed by atoms with Crippen molar-refractivity contribution in [3.8, 4) is 5.75 Å². The minimum Gasteiger partial charge on any atom is -0.490 e. The maximum absolute atomic E-state index is 14.3. The molecule has 1 N–H and O–H groups in total. The first kappa shape index (κ1) is 37.2. The van der Waals surface area contributed by atoms with E-state index in [1.807, 2.05) is 37.5 Å². The lowest BCUT2D eigenvalue weighted by Crippen LogP contribution is -2.37. The van der Waals surface area contributed by atoms with Crippen molar-refractivity contribution in [2.75, 3.05) is 6.26 Å². The normalized spacial score (nSPS) is 25.2. The number of hydrogen-bond acceptors (Lipinski definition) is 5. The Morgan fingerprint density at radius 2 is 1.76 bits per heavy atom. The van der Waals surface area contributed by atoms with Gasteiger partial charge < -0.3 is 14.6 Å². The van der Waals surface area contributed by atoms with Crippen molar-refractivity contribution in [2.45, 2.75) is 102 Å². The summed E-state index contributed by atoms with van der Waals surface area (Å²) in [6.07, 6.45) is 11.1. The van der Waals surface area contributed by atoms with Crippen molar-refractivity contribution < 1.29 is 32.5 Å². The molecule has 264 valence electrons. The zero-order valence-electron chi connectivity index (χ0n) is 29.0. The molecule has 0 spiro atoms. The fourth-order valence-electron chi connectivity index (χ4n) is 7.38. The number of halogens is 3. The third kappa shape index (κ3) is 9.80. The van der Waals surface area contributed by atoms with Crippen LogP contribution in [0.15, 0.2) is 66.7 Å². The molecule has 0 aromatic heterocycles. The molecule has 1 aliphatic carbocycles. The van der Waals surface area contributed by atoms with E-state index in [0.29, 0.717) is 6.07 Å². The van der Waals surface area contributed by atoms with Gasteiger partial charge in [0.2, 0.25) is 0 Å². The monoisotopic (exact) mass is 694 g/mol. The van der Waals surface area contributed by atoms with Gasteiger partial charge in [-0.25, -0.2) is 13.2 Å². The number of hydrogen-bond donors (Lipinski definition) is 1. The van der Waals surface area contributed by atoms with Crippen LogP contribution in [-0.4, -0.2) is 34.8 Å². The van der Waals surface area contributed by atoms with Crippen LogP contribution in [-0.2, 0) is 22.4 Å². The van der Waals surface area contributed by atoms with Crippen LogP contribution in [0.25, 0.3) is 0 Å². The molecule has 8 heteroatoms. The van der Waals surface area contributed by atoms with Crippen LogP contribution in [0.3, 0.4) is 0 Å². The SMILES string of the molecule is C/C=C/[C@@H](CC(=O)C1CCCC(Oc2ccc(Cc3cc([C@@H]4O[C@H](SC)[C@@H](O)CC4C)ccc3C)cc2)CC1)Cc1cc(F)c(F)cc1F. The summed E-state index contributed by atoms with van der Waals surface area (Å²) in [5.74, 6) is -2.31. The van der Waals surface area contributed by atoms with Gasteiger partial charge in [-0.15, -0.1) is 11.8 Å². The average Bonchev–Trinajstić information content (AvgIpc) is 3.31. The maximum Gasteiger partial charge on any atom is 0.161 e. The lowest BCUT2D eigenvalue weighted by Gasteiger charge is -2.38. The fraction of sp³-hybridized carbons (Fsp3) is 0.488. The van der Waals surface area contributed by atoms with E-state index in [-0.39, 0.29) is 59.6 Å². The molecule has 1 saturated heterocycles. The van der Waals surface area contributed by atoms with Crippen molar-refractivity contribution in [3.05, 3.63) is 112 Å². The molecular formula is C41H49F3O4S. The summed E-state index contributed by atoms with van der Waals surface area (Å²) in [7, 11) is 0. The second-order valence-electron chi connectivity index (χ2n) is 13.9. The molecule has 1 heterocycles. The van der Waals surface area contributed by atoms with Crippen LogP contribution in [0.2, 0.25) is 0 Å². The zero-order chi connectivity index (χ0) is 35.1. The van der Waals surface area contributed by atoms with Gasteiger partial charge in [-0.3, -0.25) is 4.79 Å². The highest BCUT2D eigenvalue weighted by Gasteiger charge is 2.35. The van der Waals surface area contributed by atoms with E-state index in [9.17, 15) is 23.1 Å². The highest BCUT2D eigenvalue weighted by Crippen LogP contribution is 2.40. The van der Waals surface area contributed by atoms with Gasteiger partial charge in [0.1, 0.15) is 22.8 Å². The highest BCUT2D eigenvalue weighted by atomic mass is 32.2. The van der Waals surface area contributed by atoms with Crippen molar-refractivity contribution in [1.82, 2.24) is 0 Å². The molecule has 1 saturated carbocycles. The first-order valence-electron chi connectivity index (χ1n) is 17.5. The summed E-state index contributed by atoms with van der Waals surface area (Å²) in [5, 5.41) is 10.4. The number of aliphatic hydroxyl groups excluding tert-OH is 1. The van der Waals surface area contributed by atoms with E-state index in [1.54, 1.807) is 11.8 Å². The van der Waals surface area contributed by atoms with Gasteiger partial charge >= 0.3 is 0 Å². The summed E-state index contributed by atoms with van der Waals surface area (Å²) < 4.78 is 54.2. The Morgan fingerprint density at radius 3 is 2.49 bits per heavy atom. The molecule has 0 radical (unpaired) electrons. The summed E-state index contributed by atoms with van der Waals surface area (Å²) in [5.41, 5.74) is 4.68. The Hall–Kier alpha value is -3.07. The van der Waals surface area contributed by atoms with Gasteiger partial charge in [-0.1, -0.05) is 49.4 Å². The van der Waals surface area contributed by atoms with Gasteiger partial charge in [0.15, 0.2) is 11.6 Å². The number of allylic oxidation sites excluding steroid dienone is 2. The molecule has 3 unspecified atom stereocenters. The Labute approximate surface area is 293 Å². The number of ether oxygens (including phenoxy) is 2. The van der Waals surface area contributed by atoms with Gasteiger partial charge in [-0.05, 0) is 129 Å². The van der Waals surface area contributed by atoms with Crippen LogP contribution in [0, 0.1) is 42.1 Å². The number of rotatable bonds is 12. The number of aryl methyl sites for hydroxylation is 1. The summed E-state index contributed by atoms with van der Waals surface area (Å²) in [6, 6.07) is 16.3. The highest BCUT2D eigenvalue weighted by molar-refractivity contribution is 7.99. The van der Waals surface area contributed by atoms with Gasteiger partial charge in [0, 0.05) is 18.4 Å². The smallest absolute Gasteiger partial charge is 0.161 e. The Kier molecular flexibility index (Phi) is 13.1. The summed E-state index contributed by atoms with van der Waals surface area (Å²) in [4.78, 5) is 13.4. The van der Waals surface area contributed by atoms with Crippen molar-refractivity contribution >= 4 is 17.5 Å². The quantitative estimate of drug-likeness (QED) is 0.116. The van der Waals surface area contributed by atoms with Crippen molar-refractivity contribution in [3.63, 3.8) is 0 Å². The van der Waals surface area contributed by atoms with E-state index in [1.165, 1.54) is 16.7 Å². The molecule has 1 aliphatic heterocycles. The minimum atomic E-state index is -1.21. The average molecular weight is 695 g/mol. The minimum absolute atomic E-state index is 0.0197. The van der Waals surface area contributed by atoms with Crippen molar-refractivity contribution in [2.24, 2.45) is 17.8 Å². The number of benzene rings is 3. The second kappa shape index (κ2) is 17.2. The van der Waals surface area contributed by atoms with Crippen molar-refractivity contribution in [1.29, 1.82) is 0 Å². The third-order valence-electron chi connectivity index (χ3n) is 10.2.